The highest BCUT2D eigenvalue weighted by molar-refractivity contribution is 5.87. The summed E-state index contributed by atoms with van der Waals surface area (Å²) >= 11 is 0. The molecule has 9 atom stereocenters. The minimum absolute atomic E-state index is 0.0194. The van der Waals surface area contributed by atoms with E-state index in [1.54, 1.807) is 19.9 Å². The Hall–Kier alpha value is -2.78. The van der Waals surface area contributed by atoms with Crippen LogP contribution in [0.2, 0.25) is 0 Å². The number of aliphatic hydroxyl groups excluding tert-OH is 1. The van der Waals surface area contributed by atoms with Gasteiger partial charge in [0.1, 0.15) is 29.0 Å². The molecule has 246 valence electrons. The van der Waals surface area contributed by atoms with Gasteiger partial charge in [-0.2, -0.15) is 0 Å². The number of hydrogen-bond donors (Lipinski definition) is 4. The first-order chi connectivity index (χ1) is 21.0. The van der Waals surface area contributed by atoms with Gasteiger partial charge in [0.25, 0.3) is 0 Å². The lowest BCUT2D eigenvalue weighted by Gasteiger charge is -2.67. The number of carbonyl (C=O) groups is 2. The second-order valence-corrected chi connectivity index (χ2v) is 14.7. The van der Waals surface area contributed by atoms with E-state index in [-0.39, 0.29) is 31.6 Å². The molecular weight excluding hydrogens is 572 g/mol. The summed E-state index contributed by atoms with van der Waals surface area (Å²) in [7, 11) is 0. The Morgan fingerprint density at radius 1 is 1.00 bits per heavy atom. The predicted molar refractivity (Wildman–Crippen MR) is 170 cm³/mol. The quantitative estimate of drug-likeness (QED) is 0.189. The molecule has 4 aliphatic rings. The molecule has 0 amide bonds. The molecule has 0 aromatic heterocycles. The van der Waals surface area contributed by atoms with Crippen LogP contribution in [0, 0.1) is 22.7 Å². The lowest BCUT2D eigenvalue weighted by Crippen LogP contribution is -2.78. The molecule has 4 N–H and O–H groups in total. The molecule has 4 aliphatic carbocycles. The standard InChI is InChI=1S/C37H50O8/c1-23(2)24(3)20-32(40)44-25(4)35(41)18-19-37(43)34(35,6)30(45-31(39)13-12-26-10-8-7-9-11-26)22-29-33(5)16-15-28(38)21-27(33)14-17-36(29,37)42/h7-14,20,23,25,28-30,38,41-43H,15-19,21-22H2,1-6H3/b13-12+,24-20+/t25-,28+,29-,30-,33+,34-,35-,36+,37-/m1/s1. The molecule has 3 fully saturated rings. The minimum Gasteiger partial charge on any atom is -0.458 e. The first kappa shape index (κ1) is 33.6. The average molecular weight is 623 g/mol. The SMILES string of the molecule is C/C(=C\C(=O)O[C@H](C)[C@]1(O)CC[C@@]2(O)[C@]1(C)[C@H](OC(=O)/C=C/c1ccccc1)C[C@@H]1[C@@]3(C)CC[C@H](O)CC3=CC[C@]12O)C(C)C. The summed E-state index contributed by atoms with van der Waals surface area (Å²) in [6, 6.07) is 9.33. The van der Waals surface area contributed by atoms with Crippen molar-refractivity contribution in [1.82, 2.24) is 0 Å². The van der Waals surface area contributed by atoms with Crippen LogP contribution in [0.3, 0.4) is 0 Å². The van der Waals surface area contributed by atoms with E-state index in [1.807, 2.05) is 57.2 Å². The smallest absolute Gasteiger partial charge is 0.331 e. The number of esters is 2. The molecule has 1 aromatic carbocycles. The lowest BCUT2D eigenvalue weighted by atomic mass is 9.42. The summed E-state index contributed by atoms with van der Waals surface area (Å²) in [6.07, 6.45) is 5.78. The van der Waals surface area contributed by atoms with E-state index >= 15 is 0 Å². The number of fused-ring (bicyclic) bond motifs is 5. The zero-order chi connectivity index (χ0) is 33.0. The number of carbonyl (C=O) groups excluding carboxylic acids is 2. The van der Waals surface area contributed by atoms with Crippen LogP contribution >= 0.6 is 0 Å². The monoisotopic (exact) mass is 622 g/mol. The maximum absolute atomic E-state index is 13.4. The Labute approximate surface area is 266 Å². The van der Waals surface area contributed by atoms with Gasteiger partial charge < -0.3 is 29.9 Å². The summed E-state index contributed by atoms with van der Waals surface area (Å²) in [5, 5.41) is 48.6. The summed E-state index contributed by atoms with van der Waals surface area (Å²) in [5.41, 5.74) is -4.85. The first-order valence-corrected chi connectivity index (χ1v) is 16.4. The second kappa shape index (κ2) is 11.8. The third kappa shape index (κ3) is 5.22. The highest BCUT2D eigenvalue weighted by Crippen LogP contribution is 2.71. The molecule has 8 nitrogen and oxygen atoms in total. The van der Waals surface area contributed by atoms with Crippen LogP contribution in [0.5, 0.6) is 0 Å². The van der Waals surface area contributed by atoms with E-state index in [1.165, 1.54) is 12.2 Å². The van der Waals surface area contributed by atoms with Gasteiger partial charge >= 0.3 is 11.9 Å². The van der Waals surface area contributed by atoms with E-state index in [0.717, 1.165) is 16.7 Å². The average Bonchev–Trinajstić information content (AvgIpc) is 3.22. The third-order valence-corrected chi connectivity index (χ3v) is 12.3. The summed E-state index contributed by atoms with van der Waals surface area (Å²) in [6.45, 7) is 11.1. The zero-order valence-electron chi connectivity index (χ0n) is 27.5. The van der Waals surface area contributed by atoms with Crippen LogP contribution in [-0.2, 0) is 19.1 Å². The molecule has 1 aromatic rings. The third-order valence-electron chi connectivity index (χ3n) is 12.3. The van der Waals surface area contributed by atoms with Gasteiger partial charge in [0.2, 0.25) is 0 Å². The van der Waals surface area contributed by atoms with Crippen molar-refractivity contribution in [2.75, 3.05) is 0 Å². The van der Waals surface area contributed by atoms with E-state index in [0.29, 0.717) is 19.3 Å². The van der Waals surface area contributed by atoms with Gasteiger partial charge in [-0.15, -0.1) is 0 Å². The van der Waals surface area contributed by atoms with Crippen molar-refractivity contribution >= 4 is 18.0 Å². The molecule has 3 saturated carbocycles. The number of ether oxygens (including phenoxy) is 2. The van der Waals surface area contributed by atoms with Gasteiger partial charge in [-0.25, -0.2) is 9.59 Å². The maximum Gasteiger partial charge on any atom is 0.331 e. The van der Waals surface area contributed by atoms with E-state index in [9.17, 15) is 30.0 Å². The van der Waals surface area contributed by atoms with Crippen molar-refractivity contribution in [2.24, 2.45) is 22.7 Å². The van der Waals surface area contributed by atoms with Gasteiger partial charge in [0.15, 0.2) is 0 Å². The van der Waals surface area contributed by atoms with Gasteiger partial charge in [-0.05, 0) is 81.8 Å². The Kier molecular flexibility index (Phi) is 8.79. The summed E-state index contributed by atoms with van der Waals surface area (Å²) < 4.78 is 12.0. The fourth-order valence-electron chi connectivity index (χ4n) is 9.06. The molecule has 0 heterocycles. The van der Waals surface area contributed by atoms with Gasteiger partial charge in [-0.3, -0.25) is 0 Å². The lowest BCUT2D eigenvalue weighted by molar-refractivity contribution is -0.326. The van der Waals surface area contributed by atoms with Gasteiger partial charge in [-0.1, -0.05) is 75.2 Å². The number of hydrogen-bond acceptors (Lipinski definition) is 8. The summed E-state index contributed by atoms with van der Waals surface area (Å²) in [4.78, 5) is 26.4. The minimum atomic E-state index is -1.89. The van der Waals surface area contributed by atoms with E-state index < -0.39 is 63.8 Å². The van der Waals surface area contributed by atoms with Gasteiger partial charge in [0, 0.05) is 18.1 Å². The van der Waals surface area contributed by atoms with Crippen molar-refractivity contribution < 1.29 is 39.5 Å². The molecule has 0 spiro atoms. The Morgan fingerprint density at radius 3 is 2.36 bits per heavy atom. The molecular formula is C37H50O8. The maximum atomic E-state index is 13.4. The van der Waals surface area contributed by atoms with Crippen LogP contribution in [0.1, 0.15) is 92.1 Å². The highest BCUT2D eigenvalue weighted by atomic mass is 16.6. The van der Waals surface area contributed by atoms with E-state index in [4.69, 9.17) is 9.47 Å². The van der Waals surface area contributed by atoms with Crippen molar-refractivity contribution in [3.63, 3.8) is 0 Å². The normalized spacial score (nSPS) is 40.3. The van der Waals surface area contributed by atoms with Gasteiger partial charge in [0.05, 0.1) is 11.5 Å². The second-order valence-electron chi connectivity index (χ2n) is 14.7. The number of allylic oxidation sites excluding steroid dienone is 1. The Balaban J connectivity index is 1.56. The van der Waals surface area contributed by atoms with Crippen molar-refractivity contribution in [2.45, 2.75) is 122 Å². The molecule has 8 heteroatoms. The van der Waals surface area contributed by atoms with Crippen LogP contribution in [0.25, 0.3) is 6.08 Å². The fraction of sp³-hybridized carbons (Fsp3) is 0.622. The Morgan fingerprint density at radius 2 is 1.69 bits per heavy atom. The van der Waals surface area contributed by atoms with Crippen LogP contribution in [0.15, 0.2) is 59.7 Å². The molecule has 0 radical (unpaired) electrons. The zero-order valence-corrected chi connectivity index (χ0v) is 27.5. The molecule has 0 saturated heterocycles. The van der Waals surface area contributed by atoms with Crippen LogP contribution in [-0.4, -0.2) is 67.5 Å². The first-order valence-electron chi connectivity index (χ1n) is 16.4. The van der Waals surface area contributed by atoms with Crippen molar-refractivity contribution in [1.29, 1.82) is 0 Å². The number of benzene rings is 1. The molecule has 0 bridgehead atoms. The fourth-order valence-corrected chi connectivity index (χ4v) is 9.06. The molecule has 5 rings (SSSR count). The van der Waals surface area contributed by atoms with Crippen molar-refractivity contribution in [3.05, 3.63) is 65.3 Å². The van der Waals surface area contributed by atoms with Crippen molar-refractivity contribution in [3.8, 4) is 0 Å². The summed E-state index contributed by atoms with van der Waals surface area (Å²) in [5.74, 6) is -1.62. The molecule has 0 unspecified atom stereocenters. The highest BCUT2D eigenvalue weighted by Gasteiger charge is 2.81. The molecule has 0 aliphatic heterocycles. The largest absolute Gasteiger partial charge is 0.458 e. The predicted octanol–water partition coefficient (Wildman–Crippen LogP) is 5.04. The Bertz CT molecular complexity index is 1400. The van der Waals surface area contributed by atoms with E-state index in [2.05, 4.69) is 6.92 Å². The number of aliphatic hydroxyl groups is 4. The topological polar surface area (TPSA) is 134 Å². The van der Waals surface area contributed by atoms with Crippen LogP contribution < -0.4 is 0 Å². The van der Waals surface area contributed by atoms with Crippen LogP contribution in [0.4, 0.5) is 0 Å². The number of rotatable bonds is 7. The molecule has 45 heavy (non-hydrogen) atoms.